The molecule has 0 saturated heterocycles. The largest absolute Gasteiger partial charge is 0.478 e. The summed E-state index contributed by atoms with van der Waals surface area (Å²) in [6, 6.07) is 10.8. The minimum atomic E-state index is -0.919. The summed E-state index contributed by atoms with van der Waals surface area (Å²) in [4.78, 5) is 25.7. The molecule has 0 unspecified atom stereocenters. The average molecular weight is 339 g/mol. The first-order valence-electron chi connectivity index (χ1n) is 8.12. The molecule has 4 rings (SSSR count). The van der Waals surface area contributed by atoms with Crippen LogP contribution in [-0.4, -0.2) is 35.2 Å². The molecule has 0 aromatic heterocycles. The third-order valence-corrected chi connectivity index (χ3v) is 4.64. The highest BCUT2D eigenvalue weighted by atomic mass is 16.7. The molecule has 1 N–H and O–H groups in total. The highest BCUT2D eigenvalue weighted by Gasteiger charge is 2.24. The number of fused-ring (bicyclic) bond motifs is 2. The maximum atomic E-state index is 12.6. The van der Waals surface area contributed by atoms with Crippen molar-refractivity contribution in [1.29, 1.82) is 0 Å². The van der Waals surface area contributed by atoms with Gasteiger partial charge in [-0.3, -0.25) is 4.79 Å². The van der Waals surface area contributed by atoms with E-state index < -0.39 is 5.97 Å². The van der Waals surface area contributed by atoms with Crippen LogP contribution in [0.15, 0.2) is 36.4 Å². The van der Waals surface area contributed by atoms with Crippen LogP contribution in [0.3, 0.4) is 0 Å². The van der Waals surface area contributed by atoms with Crippen molar-refractivity contribution in [1.82, 2.24) is 4.90 Å². The smallest absolute Gasteiger partial charge is 0.335 e. The highest BCUT2D eigenvalue weighted by molar-refractivity contribution is 5.90. The SMILES string of the molecule is O=C(O)c1cccc2c1CCN(C(=O)Cc1ccc3c(c1)OCO3)C2. The summed E-state index contributed by atoms with van der Waals surface area (Å²) in [6.07, 6.45) is 0.843. The van der Waals surface area contributed by atoms with Crippen molar-refractivity contribution in [3.63, 3.8) is 0 Å². The number of rotatable bonds is 3. The van der Waals surface area contributed by atoms with Crippen LogP contribution in [0.2, 0.25) is 0 Å². The van der Waals surface area contributed by atoms with Gasteiger partial charge in [0.1, 0.15) is 0 Å². The number of ether oxygens (including phenoxy) is 2. The lowest BCUT2D eigenvalue weighted by atomic mass is 9.94. The van der Waals surface area contributed by atoms with Crippen LogP contribution in [-0.2, 0) is 24.2 Å². The minimum absolute atomic E-state index is 0.0187. The van der Waals surface area contributed by atoms with Crippen molar-refractivity contribution in [2.24, 2.45) is 0 Å². The molecule has 0 aliphatic carbocycles. The van der Waals surface area contributed by atoms with Crippen molar-refractivity contribution in [3.8, 4) is 11.5 Å². The van der Waals surface area contributed by atoms with E-state index in [-0.39, 0.29) is 19.1 Å². The van der Waals surface area contributed by atoms with Crippen LogP contribution in [0.25, 0.3) is 0 Å². The Morgan fingerprint density at radius 3 is 2.80 bits per heavy atom. The number of hydrogen-bond donors (Lipinski definition) is 1. The molecule has 2 aromatic rings. The molecule has 128 valence electrons. The van der Waals surface area contributed by atoms with Gasteiger partial charge >= 0.3 is 5.97 Å². The molecule has 1 amide bonds. The number of carbonyl (C=O) groups is 2. The van der Waals surface area contributed by atoms with Gasteiger partial charge in [-0.15, -0.1) is 0 Å². The Morgan fingerprint density at radius 2 is 1.96 bits per heavy atom. The molecule has 2 heterocycles. The van der Waals surface area contributed by atoms with Crippen molar-refractivity contribution < 1.29 is 24.2 Å². The molecule has 0 bridgehead atoms. The number of carboxylic acids is 1. The molecule has 0 saturated carbocycles. The molecule has 2 aromatic carbocycles. The molecule has 0 spiro atoms. The van der Waals surface area contributed by atoms with Crippen LogP contribution in [0.1, 0.15) is 27.0 Å². The van der Waals surface area contributed by atoms with E-state index >= 15 is 0 Å². The fourth-order valence-electron chi connectivity index (χ4n) is 3.36. The Kier molecular flexibility index (Phi) is 3.80. The summed E-state index contributed by atoms with van der Waals surface area (Å²) in [5.74, 6) is 0.465. The quantitative estimate of drug-likeness (QED) is 0.928. The lowest BCUT2D eigenvalue weighted by molar-refractivity contribution is -0.131. The van der Waals surface area contributed by atoms with Gasteiger partial charge in [0.15, 0.2) is 11.5 Å². The first-order valence-corrected chi connectivity index (χ1v) is 8.12. The Hall–Kier alpha value is -3.02. The van der Waals surface area contributed by atoms with E-state index in [0.717, 1.165) is 16.7 Å². The standard InChI is InChI=1S/C19H17NO5/c21-18(9-12-4-5-16-17(8-12)25-11-24-16)20-7-6-14-13(10-20)2-1-3-15(14)19(22)23/h1-5,8H,6-7,9-11H2,(H,22,23). The first-order chi connectivity index (χ1) is 12.1. The number of aromatic carboxylic acids is 1. The van der Waals surface area contributed by atoms with E-state index in [1.165, 1.54) is 0 Å². The van der Waals surface area contributed by atoms with Gasteiger partial charge in [0.05, 0.1) is 12.0 Å². The second kappa shape index (κ2) is 6.12. The molecule has 6 nitrogen and oxygen atoms in total. The molecule has 25 heavy (non-hydrogen) atoms. The molecule has 0 radical (unpaired) electrons. The van der Waals surface area contributed by atoms with E-state index in [1.807, 2.05) is 24.3 Å². The number of amides is 1. The number of hydrogen-bond acceptors (Lipinski definition) is 4. The molecular weight excluding hydrogens is 322 g/mol. The third-order valence-electron chi connectivity index (χ3n) is 4.64. The predicted octanol–water partition coefficient (Wildman–Crippen LogP) is 2.24. The lowest BCUT2D eigenvalue weighted by Gasteiger charge is -2.29. The Labute approximate surface area is 144 Å². The normalized spacial score (nSPS) is 15.0. The zero-order chi connectivity index (χ0) is 17.4. The van der Waals surface area contributed by atoms with Crippen molar-refractivity contribution in [2.45, 2.75) is 19.4 Å². The van der Waals surface area contributed by atoms with E-state index in [4.69, 9.17) is 9.47 Å². The van der Waals surface area contributed by atoms with Crippen LogP contribution in [0, 0.1) is 0 Å². The Balaban J connectivity index is 1.49. The molecule has 6 heteroatoms. The van der Waals surface area contributed by atoms with Gasteiger partial charge < -0.3 is 19.5 Å². The summed E-state index contributed by atoms with van der Waals surface area (Å²) >= 11 is 0. The Bertz CT molecular complexity index is 861. The number of carbonyl (C=O) groups excluding carboxylic acids is 1. The third kappa shape index (κ3) is 2.91. The van der Waals surface area contributed by atoms with Gasteiger partial charge in [0.25, 0.3) is 0 Å². The van der Waals surface area contributed by atoms with Gasteiger partial charge in [-0.05, 0) is 41.3 Å². The monoisotopic (exact) mass is 339 g/mol. The average Bonchev–Trinajstić information content (AvgIpc) is 3.08. The minimum Gasteiger partial charge on any atom is -0.478 e. The summed E-state index contributed by atoms with van der Waals surface area (Å²) in [7, 11) is 0. The predicted molar refractivity (Wildman–Crippen MR) is 88.8 cm³/mol. The maximum Gasteiger partial charge on any atom is 0.335 e. The van der Waals surface area contributed by atoms with E-state index in [1.54, 1.807) is 17.0 Å². The summed E-state index contributed by atoms with van der Waals surface area (Å²) in [6.45, 7) is 1.18. The van der Waals surface area contributed by atoms with Crippen LogP contribution >= 0.6 is 0 Å². The lowest BCUT2D eigenvalue weighted by Crippen LogP contribution is -2.37. The summed E-state index contributed by atoms with van der Waals surface area (Å²) in [5.41, 5.74) is 2.95. The highest BCUT2D eigenvalue weighted by Crippen LogP contribution is 2.33. The zero-order valence-electron chi connectivity index (χ0n) is 13.5. The number of benzene rings is 2. The zero-order valence-corrected chi connectivity index (χ0v) is 13.5. The summed E-state index contributed by atoms with van der Waals surface area (Å²) < 4.78 is 10.6. The number of nitrogens with zero attached hydrogens (tertiary/aromatic N) is 1. The van der Waals surface area contributed by atoms with Gasteiger partial charge in [-0.2, -0.15) is 0 Å². The topological polar surface area (TPSA) is 76.1 Å². The molecule has 2 aliphatic heterocycles. The van der Waals surface area contributed by atoms with Gasteiger partial charge in [0.2, 0.25) is 12.7 Å². The van der Waals surface area contributed by atoms with Crippen LogP contribution < -0.4 is 9.47 Å². The molecule has 0 atom stereocenters. The first kappa shape index (κ1) is 15.5. The van der Waals surface area contributed by atoms with Gasteiger partial charge in [-0.1, -0.05) is 18.2 Å². The van der Waals surface area contributed by atoms with Crippen LogP contribution in [0.5, 0.6) is 11.5 Å². The fraction of sp³-hybridized carbons (Fsp3) is 0.263. The maximum absolute atomic E-state index is 12.6. The van der Waals surface area contributed by atoms with E-state index in [2.05, 4.69) is 0 Å². The van der Waals surface area contributed by atoms with Crippen molar-refractivity contribution in [3.05, 3.63) is 58.7 Å². The van der Waals surface area contributed by atoms with E-state index in [9.17, 15) is 14.7 Å². The Morgan fingerprint density at radius 1 is 1.12 bits per heavy atom. The van der Waals surface area contributed by atoms with Gasteiger partial charge in [0, 0.05) is 13.1 Å². The molecular formula is C19H17NO5. The number of carboxylic acid groups (broad SMARTS) is 1. The van der Waals surface area contributed by atoms with Crippen molar-refractivity contribution in [2.75, 3.05) is 13.3 Å². The van der Waals surface area contributed by atoms with Crippen LogP contribution in [0.4, 0.5) is 0 Å². The van der Waals surface area contributed by atoms with E-state index in [0.29, 0.717) is 36.6 Å². The molecule has 2 aliphatic rings. The second-order valence-corrected chi connectivity index (χ2v) is 6.18. The molecule has 0 fully saturated rings. The van der Waals surface area contributed by atoms with Gasteiger partial charge in [-0.25, -0.2) is 4.79 Å². The second-order valence-electron chi connectivity index (χ2n) is 6.18. The summed E-state index contributed by atoms with van der Waals surface area (Å²) in [5, 5.41) is 9.28. The van der Waals surface area contributed by atoms with Crippen molar-refractivity contribution >= 4 is 11.9 Å². The fourth-order valence-corrected chi connectivity index (χ4v) is 3.36.